The van der Waals surface area contributed by atoms with E-state index in [2.05, 4.69) is 16.5 Å². The minimum absolute atomic E-state index is 0.590. The van der Waals surface area contributed by atoms with Gasteiger partial charge in [-0.2, -0.15) is 5.26 Å². The molecule has 0 saturated carbocycles. The minimum atomic E-state index is 0.590. The Morgan fingerprint density at radius 1 is 1.44 bits per heavy atom. The Morgan fingerprint density at radius 3 is 3.00 bits per heavy atom. The Kier molecular flexibility index (Phi) is 2.88. The summed E-state index contributed by atoms with van der Waals surface area (Å²) in [6.07, 6.45) is 0. The highest BCUT2D eigenvalue weighted by Crippen LogP contribution is 2.11. The van der Waals surface area contributed by atoms with Crippen molar-refractivity contribution < 1.29 is 4.52 Å². The molecule has 0 bridgehead atoms. The molecule has 4 heteroatoms. The van der Waals surface area contributed by atoms with Crippen LogP contribution in [0.1, 0.15) is 17.0 Å². The number of hydrogen-bond donors (Lipinski definition) is 1. The smallest absolute Gasteiger partial charge is 0.133 e. The lowest BCUT2D eigenvalue weighted by atomic mass is 10.2. The highest BCUT2D eigenvalue weighted by molar-refractivity contribution is 5.49. The van der Waals surface area contributed by atoms with E-state index in [4.69, 9.17) is 9.78 Å². The zero-order valence-electron chi connectivity index (χ0n) is 8.90. The molecule has 2 rings (SSSR count). The third kappa shape index (κ3) is 2.39. The predicted octanol–water partition coefficient (Wildman–Crippen LogP) is 2.47. The number of aryl methyl sites for hydroxylation is 1. The maximum atomic E-state index is 8.75. The highest BCUT2D eigenvalue weighted by Gasteiger charge is 2.00. The van der Waals surface area contributed by atoms with E-state index in [0.29, 0.717) is 12.1 Å². The molecule has 0 aliphatic carbocycles. The minimum Gasteiger partial charge on any atom is -0.379 e. The first kappa shape index (κ1) is 10.2. The summed E-state index contributed by atoms with van der Waals surface area (Å²) < 4.78 is 4.96. The van der Waals surface area contributed by atoms with Crippen molar-refractivity contribution in [2.75, 3.05) is 5.32 Å². The molecule has 1 N–H and O–H groups in total. The van der Waals surface area contributed by atoms with Gasteiger partial charge in [-0.15, -0.1) is 0 Å². The second kappa shape index (κ2) is 4.49. The number of nitrogens with one attached hydrogen (secondary N) is 1. The first-order valence-electron chi connectivity index (χ1n) is 4.94. The largest absolute Gasteiger partial charge is 0.379 e. The summed E-state index contributed by atoms with van der Waals surface area (Å²) in [5.74, 6) is 0.794. The van der Waals surface area contributed by atoms with Crippen LogP contribution in [0.15, 0.2) is 34.9 Å². The molecule has 0 saturated heterocycles. The van der Waals surface area contributed by atoms with Gasteiger partial charge in [0.25, 0.3) is 0 Å². The first-order valence-corrected chi connectivity index (χ1v) is 4.94. The second-order valence-electron chi connectivity index (χ2n) is 3.48. The fourth-order valence-electron chi connectivity index (χ4n) is 1.39. The third-order valence-corrected chi connectivity index (χ3v) is 2.14. The fourth-order valence-corrected chi connectivity index (χ4v) is 1.39. The number of hydrogen-bond acceptors (Lipinski definition) is 4. The number of nitriles is 1. The van der Waals surface area contributed by atoms with Crippen molar-refractivity contribution in [3.63, 3.8) is 0 Å². The van der Waals surface area contributed by atoms with Crippen LogP contribution in [0.2, 0.25) is 0 Å². The van der Waals surface area contributed by atoms with E-state index in [1.807, 2.05) is 25.1 Å². The molecule has 0 fully saturated rings. The normalized spacial score (nSPS) is 9.75. The molecule has 80 valence electrons. The summed E-state index contributed by atoms with van der Waals surface area (Å²) >= 11 is 0. The van der Waals surface area contributed by atoms with Gasteiger partial charge in [-0.3, -0.25) is 0 Å². The predicted molar refractivity (Wildman–Crippen MR) is 59.7 cm³/mol. The van der Waals surface area contributed by atoms with E-state index in [1.54, 1.807) is 12.1 Å². The molecule has 2 aromatic rings. The molecule has 0 aliphatic rings. The van der Waals surface area contributed by atoms with Crippen molar-refractivity contribution in [3.8, 4) is 6.07 Å². The van der Waals surface area contributed by atoms with Crippen molar-refractivity contribution in [1.29, 1.82) is 5.26 Å². The molecule has 1 aromatic carbocycles. The topological polar surface area (TPSA) is 61.9 Å². The van der Waals surface area contributed by atoms with Gasteiger partial charge in [0.05, 0.1) is 18.2 Å². The summed E-state index contributed by atoms with van der Waals surface area (Å²) in [6.45, 7) is 2.44. The van der Waals surface area contributed by atoms with Gasteiger partial charge in [0.1, 0.15) is 11.5 Å². The average Bonchev–Trinajstić information content (AvgIpc) is 2.73. The van der Waals surface area contributed by atoms with E-state index in [1.165, 1.54) is 0 Å². The van der Waals surface area contributed by atoms with E-state index < -0.39 is 0 Å². The molecular formula is C12H11N3O. The lowest BCUT2D eigenvalue weighted by Crippen LogP contribution is -1.99. The van der Waals surface area contributed by atoms with E-state index in [0.717, 1.165) is 17.1 Å². The highest BCUT2D eigenvalue weighted by atomic mass is 16.5. The van der Waals surface area contributed by atoms with Crippen LogP contribution < -0.4 is 5.32 Å². The summed E-state index contributed by atoms with van der Waals surface area (Å²) in [5, 5.41) is 15.8. The Balaban J connectivity index is 2.02. The van der Waals surface area contributed by atoms with Crippen molar-refractivity contribution in [2.24, 2.45) is 0 Å². The van der Waals surface area contributed by atoms with Gasteiger partial charge in [0, 0.05) is 11.8 Å². The van der Waals surface area contributed by atoms with Gasteiger partial charge in [-0.05, 0) is 25.1 Å². The molecule has 1 heterocycles. The van der Waals surface area contributed by atoms with Crippen LogP contribution in [0.25, 0.3) is 0 Å². The monoisotopic (exact) mass is 213 g/mol. The quantitative estimate of drug-likeness (QED) is 0.850. The first-order chi connectivity index (χ1) is 7.78. The van der Waals surface area contributed by atoms with Crippen LogP contribution in [-0.2, 0) is 6.54 Å². The standard InChI is InChI=1S/C12H11N3O/c1-9-5-12(15-16-9)8-14-11-4-2-3-10(6-11)7-13/h2-6,14H,8H2,1H3. The Bertz CT molecular complexity index is 525. The fraction of sp³-hybridized carbons (Fsp3) is 0.167. The van der Waals surface area contributed by atoms with Crippen molar-refractivity contribution in [3.05, 3.63) is 47.3 Å². The third-order valence-electron chi connectivity index (χ3n) is 2.14. The number of anilines is 1. The number of rotatable bonds is 3. The average molecular weight is 213 g/mol. The van der Waals surface area contributed by atoms with Gasteiger partial charge < -0.3 is 9.84 Å². The number of benzene rings is 1. The van der Waals surface area contributed by atoms with Crippen LogP contribution in [0, 0.1) is 18.3 Å². The van der Waals surface area contributed by atoms with Crippen LogP contribution in [0.5, 0.6) is 0 Å². The molecule has 0 unspecified atom stereocenters. The Hall–Kier alpha value is -2.28. The van der Waals surface area contributed by atoms with Gasteiger partial charge in [-0.25, -0.2) is 0 Å². The summed E-state index contributed by atoms with van der Waals surface area (Å²) in [6, 6.07) is 11.3. The van der Waals surface area contributed by atoms with Crippen LogP contribution in [0.4, 0.5) is 5.69 Å². The molecular weight excluding hydrogens is 202 g/mol. The zero-order valence-corrected chi connectivity index (χ0v) is 8.90. The molecule has 4 nitrogen and oxygen atoms in total. The maximum Gasteiger partial charge on any atom is 0.133 e. The van der Waals surface area contributed by atoms with Crippen molar-refractivity contribution in [2.45, 2.75) is 13.5 Å². The zero-order chi connectivity index (χ0) is 11.4. The van der Waals surface area contributed by atoms with Gasteiger partial charge in [0.15, 0.2) is 0 Å². The SMILES string of the molecule is Cc1cc(CNc2cccc(C#N)c2)no1. The van der Waals surface area contributed by atoms with Crippen molar-refractivity contribution in [1.82, 2.24) is 5.16 Å². The molecule has 0 radical (unpaired) electrons. The number of nitrogens with zero attached hydrogens (tertiary/aromatic N) is 2. The molecule has 1 aromatic heterocycles. The summed E-state index contributed by atoms with van der Waals surface area (Å²) in [4.78, 5) is 0. The second-order valence-corrected chi connectivity index (χ2v) is 3.48. The van der Waals surface area contributed by atoms with Gasteiger partial charge >= 0.3 is 0 Å². The summed E-state index contributed by atoms with van der Waals surface area (Å²) in [7, 11) is 0. The van der Waals surface area contributed by atoms with Gasteiger partial charge in [0.2, 0.25) is 0 Å². The summed E-state index contributed by atoms with van der Waals surface area (Å²) in [5.41, 5.74) is 2.39. The lowest BCUT2D eigenvalue weighted by Gasteiger charge is -2.03. The Morgan fingerprint density at radius 2 is 2.31 bits per heavy atom. The van der Waals surface area contributed by atoms with Crippen LogP contribution >= 0.6 is 0 Å². The molecule has 16 heavy (non-hydrogen) atoms. The van der Waals surface area contributed by atoms with Crippen LogP contribution in [-0.4, -0.2) is 5.16 Å². The lowest BCUT2D eigenvalue weighted by molar-refractivity contribution is 0.391. The van der Waals surface area contributed by atoms with E-state index in [-0.39, 0.29) is 0 Å². The van der Waals surface area contributed by atoms with E-state index >= 15 is 0 Å². The maximum absolute atomic E-state index is 8.75. The Labute approximate surface area is 93.5 Å². The molecule has 0 amide bonds. The molecule has 0 atom stereocenters. The van der Waals surface area contributed by atoms with Crippen LogP contribution in [0.3, 0.4) is 0 Å². The molecule has 0 spiro atoms. The molecule has 0 aliphatic heterocycles. The van der Waals surface area contributed by atoms with Gasteiger partial charge in [-0.1, -0.05) is 11.2 Å². The number of aromatic nitrogens is 1. The van der Waals surface area contributed by atoms with E-state index in [9.17, 15) is 0 Å². The van der Waals surface area contributed by atoms with Crippen molar-refractivity contribution >= 4 is 5.69 Å².